The number of hydrogen-bond acceptors (Lipinski definition) is 6. The molecule has 0 spiro atoms. The van der Waals surface area contributed by atoms with Gasteiger partial charge in [0.1, 0.15) is 11.4 Å². The molecule has 148 valence electrons. The quantitative estimate of drug-likeness (QED) is 0.355. The molecule has 1 fully saturated rings. The number of ether oxygens (including phenoxy) is 1. The Kier molecular flexibility index (Phi) is 5.29. The van der Waals surface area contributed by atoms with Crippen LogP contribution in [-0.4, -0.2) is 11.1 Å². The Bertz CT molecular complexity index is 1110. The summed E-state index contributed by atoms with van der Waals surface area (Å²) in [5.74, 6) is 0.848. The van der Waals surface area contributed by atoms with E-state index < -0.39 is 0 Å². The van der Waals surface area contributed by atoms with Crippen molar-refractivity contribution in [3.8, 4) is 5.75 Å². The molecular weight excluding hydrogens is 366 g/mol. The SMILES string of the molecule is N=N/C(=C\Nc1ccc(OC2CCCC2)cc1)c1cc2cc(N)ccc2[nH]c1=O. The lowest BCUT2D eigenvalue weighted by molar-refractivity contribution is 0.210. The molecular formula is C22H23N5O2. The molecule has 7 heteroatoms. The summed E-state index contributed by atoms with van der Waals surface area (Å²) in [4.78, 5) is 15.2. The zero-order valence-corrected chi connectivity index (χ0v) is 15.9. The predicted molar refractivity (Wildman–Crippen MR) is 115 cm³/mol. The summed E-state index contributed by atoms with van der Waals surface area (Å²) < 4.78 is 5.97. The van der Waals surface area contributed by atoms with Crippen LogP contribution in [0.2, 0.25) is 0 Å². The molecule has 1 aliphatic rings. The molecule has 29 heavy (non-hydrogen) atoms. The van der Waals surface area contributed by atoms with E-state index in [0.717, 1.165) is 29.7 Å². The molecule has 0 atom stereocenters. The van der Waals surface area contributed by atoms with Crippen LogP contribution in [0.4, 0.5) is 11.4 Å². The third-order valence-corrected chi connectivity index (χ3v) is 5.10. The van der Waals surface area contributed by atoms with Crippen LogP contribution in [0.1, 0.15) is 31.2 Å². The fourth-order valence-corrected chi connectivity index (χ4v) is 3.57. The van der Waals surface area contributed by atoms with E-state index in [1.807, 2.05) is 24.3 Å². The van der Waals surface area contributed by atoms with Crippen LogP contribution in [0.5, 0.6) is 5.75 Å². The molecule has 7 nitrogen and oxygen atoms in total. The van der Waals surface area contributed by atoms with E-state index in [4.69, 9.17) is 16.0 Å². The van der Waals surface area contributed by atoms with Crippen molar-refractivity contribution >= 4 is 28.0 Å². The lowest BCUT2D eigenvalue weighted by atomic mass is 10.1. The lowest BCUT2D eigenvalue weighted by Gasteiger charge is -2.13. The van der Waals surface area contributed by atoms with Crippen molar-refractivity contribution in [3.05, 3.63) is 70.6 Å². The first kappa shape index (κ1) is 18.7. The van der Waals surface area contributed by atoms with Gasteiger partial charge >= 0.3 is 0 Å². The van der Waals surface area contributed by atoms with E-state index in [9.17, 15) is 4.79 Å². The number of H-pyrrole nitrogens is 1. The Morgan fingerprint density at radius 2 is 1.93 bits per heavy atom. The van der Waals surface area contributed by atoms with Crippen molar-refractivity contribution in [2.24, 2.45) is 5.11 Å². The van der Waals surface area contributed by atoms with E-state index in [1.165, 1.54) is 12.8 Å². The molecule has 5 N–H and O–H groups in total. The minimum atomic E-state index is -0.313. The van der Waals surface area contributed by atoms with Gasteiger partial charge in [0, 0.05) is 28.5 Å². The Morgan fingerprint density at radius 3 is 2.66 bits per heavy atom. The smallest absolute Gasteiger partial charge is 0.258 e. The zero-order valence-electron chi connectivity index (χ0n) is 15.9. The van der Waals surface area contributed by atoms with Gasteiger partial charge in [0.2, 0.25) is 0 Å². The molecule has 0 bridgehead atoms. The number of nitrogens with one attached hydrogen (secondary N) is 3. The molecule has 0 saturated heterocycles. The molecule has 1 heterocycles. The second kappa shape index (κ2) is 8.18. The van der Waals surface area contributed by atoms with Gasteiger partial charge in [-0.25, -0.2) is 5.53 Å². The number of nitrogens with zero attached hydrogens (tertiary/aromatic N) is 1. The van der Waals surface area contributed by atoms with E-state index in [1.54, 1.807) is 30.5 Å². The van der Waals surface area contributed by atoms with Crippen LogP contribution in [0.15, 0.2) is 64.6 Å². The van der Waals surface area contributed by atoms with E-state index >= 15 is 0 Å². The van der Waals surface area contributed by atoms with E-state index in [0.29, 0.717) is 22.9 Å². The summed E-state index contributed by atoms with van der Waals surface area (Å²) in [6.07, 6.45) is 6.55. The summed E-state index contributed by atoms with van der Waals surface area (Å²) >= 11 is 0. The van der Waals surface area contributed by atoms with E-state index in [-0.39, 0.29) is 11.3 Å². The number of aromatic amines is 1. The molecule has 1 aliphatic carbocycles. The number of anilines is 2. The Labute approximate surface area is 168 Å². The van der Waals surface area contributed by atoms with Crippen molar-refractivity contribution in [3.63, 3.8) is 0 Å². The highest BCUT2D eigenvalue weighted by Crippen LogP contribution is 2.25. The van der Waals surface area contributed by atoms with Crippen molar-refractivity contribution in [1.82, 2.24) is 4.98 Å². The highest BCUT2D eigenvalue weighted by atomic mass is 16.5. The number of nitrogen functional groups attached to an aromatic ring is 1. The van der Waals surface area contributed by atoms with Gasteiger partial charge in [-0.05, 0) is 74.2 Å². The number of benzene rings is 2. The molecule has 4 rings (SSSR count). The molecule has 0 radical (unpaired) electrons. The van der Waals surface area contributed by atoms with Crippen molar-refractivity contribution in [2.45, 2.75) is 31.8 Å². The first-order valence-corrected chi connectivity index (χ1v) is 9.66. The summed E-state index contributed by atoms with van der Waals surface area (Å²) in [5, 5.41) is 7.40. The number of rotatable bonds is 6. The van der Waals surface area contributed by atoms with Crippen LogP contribution >= 0.6 is 0 Å². The van der Waals surface area contributed by atoms with Crippen LogP contribution < -0.4 is 21.3 Å². The monoisotopic (exact) mass is 389 g/mol. The number of nitrogens with two attached hydrogens (primary N) is 1. The molecule has 1 aromatic heterocycles. The van der Waals surface area contributed by atoms with Crippen molar-refractivity contribution in [1.29, 1.82) is 5.53 Å². The second-order valence-corrected chi connectivity index (χ2v) is 7.19. The highest BCUT2D eigenvalue weighted by molar-refractivity contribution is 5.85. The Balaban J connectivity index is 1.53. The van der Waals surface area contributed by atoms with Gasteiger partial charge in [-0.2, -0.15) is 5.11 Å². The van der Waals surface area contributed by atoms with Gasteiger partial charge < -0.3 is 20.8 Å². The minimum absolute atomic E-state index is 0.224. The third-order valence-electron chi connectivity index (χ3n) is 5.10. The van der Waals surface area contributed by atoms with Crippen molar-refractivity contribution < 1.29 is 4.74 Å². The van der Waals surface area contributed by atoms with Crippen LogP contribution in [0, 0.1) is 5.53 Å². The van der Waals surface area contributed by atoms with Gasteiger partial charge in [0.05, 0.1) is 11.7 Å². The first-order valence-electron chi connectivity index (χ1n) is 9.66. The molecule has 0 aliphatic heterocycles. The summed E-state index contributed by atoms with van der Waals surface area (Å²) in [7, 11) is 0. The molecule has 1 saturated carbocycles. The molecule has 2 aromatic carbocycles. The Morgan fingerprint density at radius 1 is 1.17 bits per heavy atom. The molecule has 3 aromatic rings. The van der Waals surface area contributed by atoms with Gasteiger partial charge in [0.25, 0.3) is 5.56 Å². The van der Waals surface area contributed by atoms with Gasteiger partial charge in [-0.3, -0.25) is 4.79 Å². The third kappa shape index (κ3) is 4.29. The number of aromatic nitrogens is 1. The van der Waals surface area contributed by atoms with Gasteiger partial charge in [-0.15, -0.1) is 0 Å². The van der Waals surface area contributed by atoms with Crippen molar-refractivity contribution in [2.75, 3.05) is 11.1 Å². The average molecular weight is 389 g/mol. The number of pyridine rings is 1. The number of hydrogen-bond donors (Lipinski definition) is 4. The van der Waals surface area contributed by atoms with Gasteiger partial charge in [-0.1, -0.05) is 0 Å². The Hall–Kier alpha value is -3.61. The normalized spacial score (nSPS) is 14.8. The minimum Gasteiger partial charge on any atom is -0.490 e. The predicted octanol–water partition coefficient (Wildman–Crippen LogP) is 4.87. The standard InChI is InChI=1S/C22H23N5O2/c23-15-5-10-20-14(11-15)12-19(22(28)26-20)21(27-24)13-25-16-6-8-18(9-7-16)29-17-3-1-2-4-17/h5-13,17,24-25H,1-4,23H2,(H,26,28)/b21-13-,27-24?. The maximum Gasteiger partial charge on any atom is 0.258 e. The zero-order chi connectivity index (χ0) is 20.2. The maximum atomic E-state index is 12.4. The van der Waals surface area contributed by atoms with Gasteiger partial charge in [0.15, 0.2) is 0 Å². The largest absolute Gasteiger partial charge is 0.490 e. The lowest BCUT2D eigenvalue weighted by Crippen LogP contribution is -2.12. The average Bonchev–Trinajstić information content (AvgIpc) is 3.23. The highest BCUT2D eigenvalue weighted by Gasteiger charge is 2.16. The topological polar surface area (TPSA) is 116 Å². The molecule has 0 amide bonds. The van der Waals surface area contributed by atoms with Crippen LogP contribution in [-0.2, 0) is 0 Å². The summed E-state index contributed by atoms with van der Waals surface area (Å²) in [5.41, 5.74) is 15.6. The summed E-state index contributed by atoms with van der Waals surface area (Å²) in [6.45, 7) is 0. The second-order valence-electron chi connectivity index (χ2n) is 7.19. The van der Waals surface area contributed by atoms with Crippen LogP contribution in [0.3, 0.4) is 0 Å². The van der Waals surface area contributed by atoms with E-state index in [2.05, 4.69) is 15.4 Å². The fourth-order valence-electron chi connectivity index (χ4n) is 3.57. The first-order chi connectivity index (χ1) is 14.1. The summed E-state index contributed by atoms with van der Waals surface area (Å²) in [6, 6.07) is 14.6. The fraction of sp³-hybridized carbons (Fsp3) is 0.227. The number of fused-ring (bicyclic) bond motifs is 1. The maximum absolute atomic E-state index is 12.4. The molecule has 0 unspecified atom stereocenters. The van der Waals surface area contributed by atoms with Crippen LogP contribution in [0.25, 0.3) is 16.6 Å².